The maximum Gasteiger partial charge on any atom is 0.259 e. The van der Waals surface area contributed by atoms with Crippen LogP contribution in [-0.4, -0.2) is 34.0 Å². The third-order valence-electron chi connectivity index (χ3n) is 3.98. The number of aromatic nitrogens is 2. The number of benzene rings is 1. The van der Waals surface area contributed by atoms with Crippen LogP contribution in [0.5, 0.6) is 0 Å². The van der Waals surface area contributed by atoms with E-state index in [0.29, 0.717) is 35.4 Å². The van der Waals surface area contributed by atoms with E-state index in [0.717, 1.165) is 0 Å². The van der Waals surface area contributed by atoms with Gasteiger partial charge in [-0.15, -0.1) is 0 Å². The molecule has 0 fully saturated rings. The Bertz CT molecular complexity index is 900. The van der Waals surface area contributed by atoms with Gasteiger partial charge in [-0.3, -0.25) is 4.79 Å². The highest BCUT2D eigenvalue weighted by atomic mass is 19.1. The number of pyridine rings is 1. The summed E-state index contributed by atoms with van der Waals surface area (Å²) in [5.74, 6) is -0.564. The second-order valence-electron chi connectivity index (χ2n) is 5.48. The molecule has 2 aromatic heterocycles. The molecule has 0 radical (unpaired) electrons. The van der Waals surface area contributed by atoms with E-state index in [1.807, 2.05) is 13.8 Å². The van der Waals surface area contributed by atoms with Crippen molar-refractivity contribution >= 4 is 17.0 Å². The summed E-state index contributed by atoms with van der Waals surface area (Å²) in [6.07, 6.45) is 0. The fraction of sp³-hybridized carbons (Fsp3) is 0.278. The van der Waals surface area contributed by atoms with Gasteiger partial charge in [0.25, 0.3) is 11.6 Å². The lowest BCUT2D eigenvalue weighted by Crippen LogP contribution is -2.30. The average molecular weight is 327 g/mol. The number of carbonyl (C=O) groups is 1. The number of hydrogen-bond donors (Lipinski definition) is 0. The molecule has 24 heavy (non-hydrogen) atoms. The van der Waals surface area contributed by atoms with Gasteiger partial charge in [0.05, 0.1) is 10.9 Å². The monoisotopic (exact) mass is 327 g/mol. The summed E-state index contributed by atoms with van der Waals surface area (Å²) in [5, 5.41) is 4.42. The molecular formula is C18H18FN3O2. The minimum Gasteiger partial charge on any atom is -0.339 e. The summed E-state index contributed by atoms with van der Waals surface area (Å²) in [5.41, 5.74) is 1.90. The smallest absolute Gasteiger partial charge is 0.259 e. The van der Waals surface area contributed by atoms with Gasteiger partial charge < -0.3 is 9.42 Å². The molecule has 0 unspecified atom stereocenters. The molecule has 0 atom stereocenters. The van der Waals surface area contributed by atoms with Gasteiger partial charge in [-0.2, -0.15) is 0 Å². The van der Waals surface area contributed by atoms with Crippen LogP contribution in [0.3, 0.4) is 0 Å². The van der Waals surface area contributed by atoms with Gasteiger partial charge in [0.1, 0.15) is 11.5 Å². The molecule has 3 aromatic rings. The minimum absolute atomic E-state index is 0.142. The highest BCUT2D eigenvalue weighted by Gasteiger charge is 2.24. The van der Waals surface area contributed by atoms with Crippen LogP contribution in [0, 0.1) is 12.7 Å². The lowest BCUT2D eigenvalue weighted by molar-refractivity contribution is 0.0774. The van der Waals surface area contributed by atoms with Crippen molar-refractivity contribution < 1.29 is 13.7 Å². The van der Waals surface area contributed by atoms with Gasteiger partial charge in [0.2, 0.25) is 0 Å². The van der Waals surface area contributed by atoms with Crippen molar-refractivity contribution in [2.75, 3.05) is 13.1 Å². The number of carbonyl (C=O) groups excluding carboxylic acids is 1. The molecule has 0 saturated heterocycles. The van der Waals surface area contributed by atoms with Crippen LogP contribution in [0.15, 0.2) is 34.9 Å². The second kappa shape index (κ2) is 6.39. The fourth-order valence-electron chi connectivity index (χ4n) is 2.76. The van der Waals surface area contributed by atoms with E-state index in [-0.39, 0.29) is 17.2 Å². The maximum atomic E-state index is 14.2. The molecule has 3 rings (SSSR count). The van der Waals surface area contributed by atoms with Crippen molar-refractivity contribution in [3.05, 3.63) is 47.4 Å². The van der Waals surface area contributed by atoms with Crippen molar-refractivity contribution in [3.63, 3.8) is 0 Å². The first kappa shape index (κ1) is 16.1. The van der Waals surface area contributed by atoms with Gasteiger partial charge in [0.15, 0.2) is 0 Å². The van der Waals surface area contributed by atoms with E-state index in [1.54, 1.807) is 36.1 Å². The van der Waals surface area contributed by atoms with E-state index in [4.69, 9.17) is 4.52 Å². The Balaban J connectivity index is 2.28. The molecular weight excluding hydrogens is 309 g/mol. The van der Waals surface area contributed by atoms with Crippen molar-refractivity contribution in [2.45, 2.75) is 20.8 Å². The highest BCUT2D eigenvalue weighted by molar-refractivity contribution is 6.09. The first-order chi connectivity index (χ1) is 11.6. The molecule has 124 valence electrons. The minimum atomic E-state index is -0.422. The normalized spacial score (nSPS) is 11.0. The number of halogens is 1. The molecule has 0 aliphatic heterocycles. The average Bonchev–Trinajstić information content (AvgIpc) is 2.99. The van der Waals surface area contributed by atoms with Crippen LogP contribution in [0.1, 0.15) is 29.9 Å². The molecule has 1 amide bonds. The van der Waals surface area contributed by atoms with Crippen molar-refractivity contribution in [1.82, 2.24) is 15.0 Å². The standard InChI is InChI=1S/C18H18FN3O2/c1-4-22(5-2)18(23)13-10-11(3)20-17-15(13)16(21-24-17)12-8-6-7-9-14(12)19/h6-10H,4-5H2,1-3H3. The summed E-state index contributed by atoms with van der Waals surface area (Å²) in [7, 11) is 0. The first-order valence-electron chi connectivity index (χ1n) is 7.88. The molecule has 2 heterocycles. The quantitative estimate of drug-likeness (QED) is 0.731. The molecule has 0 spiro atoms. The van der Waals surface area contributed by atoms with Crippen LogP contribution in [0.25, 0.3) is 22.4 Å². The number of aryl methyl sites for hydroxylation is 1. The number of nitrogens with zero attached hydrogens (tertiary/aromatic N) is 3. The van der Waals surface area contributed by atoms with Crippen molar-refractivity contribution in [3.8, 4) is 11.3 Å². The highest BCUT2D eigenvalue weighted by Crippen LogP contribution is 2.32. The van der Waals surface area contributed by atoms with Crippen LogP contribution in [-0.2, 0) is 0 Å². The Morgan fingerprint density at radius 3 is 2.62 bits per heavy atom. The summed E-state index contributed by atoms with van der Waals surface area (Å²) < 4.78 is 19.5. The lowest BCUT2D eigenvalue weighted by Gasteiger charge is -2.19. The molecule has 0 N–H and O–H groups in total. The van der Waals surface area contributed by atoms with Crippen LogP contribution in [0.2, 0.25) is 0 Å². The van der Waals surface area contributed by atoms with Crippen molar-refractivity contribution in [2.24, 2.45) is 0 Å². The topological polar surface area (TPSA) is 59.2 Å². The zero-order valence-corrected chi connectivity index (χ0v) is 13.8. The Labute approximate surface area is 139 Å². The number of amides is 1. The fourth-order valence-corrected chi connectivity index (χ4v) is 2.76. The Kier molecular flexibility index (Phi) is 4.29. The van der Waals surface area contributed by atoms with Gasteiger partial charge >= 0.3 is 0 Å². The predicted octanol–water partition coefficient (Wildman–Crippen LogP) is 3.82. The summed E-state index contributed by atoms with van der Waals surface area (Å²) in [4.78, 5) is 18.9. The maximum absolute atomic E-state index is 14.2. The molecule has 6 heteroatoms. The Hall–Kier alpha value is -2.76. The van der Waals surface area contributed by atoms with E-state index >= 15 is 0 Å². The number of rotatable bonds is 4. The van der Waals surface area contributed by atoms with E-state index in [9.17, 15) is 9.18 Å². The van der Waals surface area contributed by atoms with Crippen molar-refractivity contribution in [1.29, 1.82) is 0 Å². The van der Waals surface area contributed by atoms with Crippen LogP contribution >= 0.6 is 0 Å². The molecule has 5 nitrogen and oxygen atoms in total. The van der Waals surface area contributed by atoms with Gasteiger partial charge in [-0.25, -0.2) is 9.37 Å². The lowest BCUT2D eigenvalue weighted by atomic mass is 10.0. The molecule has 1 aromatic carbocycles. The van der Waals surface area contributed by atoms with Crippen LogP contribution < -0.4 is 0 Å². The summed E-state index contributed by atoms with van der Waals surface area (Å²) in [6.45, 7) is 6.77. The molecule has 0 bridgehead atoms. The Morgan fingerprint density at radius 1 is 1.25 bits per heavy atom. The van der Waals surface area contributed by atoms with E-state index < -0.39 is 5.82 Å². The third kappa shape index (κ3) is 2.64. The molecule has 0 saturated carbocycles. The number of fused-ring (bicyclic) bond motifs is 1. The largest absolute Gasteiger partial charge is 0.339 e. The molecule has 0 aliphatic carbocycles. The zero-order valence-electron chi connectivity index (χ0n) is 13.8. The van der Waals surface area contributed by atoms with Gasteiger partial charge in [-0.05, 0) is 39.0 Å². The first-order valence-corrected chi connectivity index (χ1v) is 7.88. The second-order valence-corrected chi connectivity index (χ2v) is 5.48. The summed E-state index contributed by atoms with van der Waals surface area (Å²) >= 11 is 0. The SMILES string of the molecule is CCN(CC)C(=O)c1cc(C)nc2onc(-c3ccccc3F)c12. The van der Waals surface area contributed by atoms with Gasteiger partial charge in [-0.1, -0.05) is 17.3 Å². The van der Waals surface area contributed by atoms with Gasteiger partial charge in [0, 0.05) is 24.3 Å². The van der Waals surface area contributed by atoms with E-state index in [1.165, 1.54) is 6.07 Å². The van der Waals surface area contributed by atoms with Crippen LogP contribution in [0.4, 0.5) is 4.39 Å². The summed E-state index contributed by atoms with van der Waals surface area (Å²) in [6, 6.07) is 7.98. The predicted molar refractivity (Wildman–Crippen MR) is 89.2 cm³/mol. The third-order valence-corrected chi connectivity index (χ3v) is 3.98. The van der Waals surface area contributed by atoms with E-state index in [2.05, 4.69) is 10.1 Å². The zero-order chi connectivity index (χ0) is 17.3. The molecule has 0 aliphatic rings. The Morgan fingerprint density at radius 2 is 1.96 bits per heavy atom. The number of hydrogen-bond acceptors (Lipinski definition) is 4.